The molecule has 1 rings (SSSR count). The standard InChI is InChI=1S/C18H20.C2H4/c1-6-18(17-10-8-7-9-11-17)16(5)15(4)13-12-14(2)3;1-2/h6-13H,2,4-5H2,1,3H3;1-2H2/b13-12-,18-6+;. The lowest BCUT2D eigenvalue weighted by molar-refractivity contribution is 1.50. The molecule has 0 radical (unpaired) electrons. The second kappa shape index (κ2) is 9.57. The van der Waals surface area contributed by atoms with Gasteiger partial charge in [0, 0.05) is 0 Å². The summed E-state index contributed by atoms with van der Waals surface area (Å²) in [5, 5.41) is 0. The number of allylic oxidation sites excluding steroid dienone is 7. The fraction of sp³-hybridized carbons (Fsp3) is 0.100. The third-order valence-electron chi connectivity index (χ3n) is 2.66. The Hall–Kier alpha value is -2.34. The van der Waals surface area contributed by atoms with E-state index < -0.39 is 0 Å². The Bertz CT molecular complexity index is 524. The van der Waals surface area contributed by atoms with Gasteiger partial charge in [0.05, 0.1) is 0 Å². The molecule has 0 heteroatoms. The summed E-state index contributed by atoms with van der Waals surface area (Å²) in [5.41, 5.74) is 5.14. The number of benzene rings is 1. The van der Waals surface area contributed by atoms with Crippen LogP contribution in [-0.4, -0.2) is 0 Å². The molecule has 20 heavy (non-hydrogen) atoms. The molecule has 104 valence electrons. The zero-order valence-corrected chi connectivity index (χ0v) is 12.7. The van der Waals surface area contributed by atoms with Crippen LogP contribution in [0.2, 0.25) is 0 Å². The second-order valence-electron chi connectivity index (χ2n) is 4.25. The molecule has 0 aliphatic heterocycles. The quantitative estimate of drug-likeness (QED) is 0.443. The molecule has 0 unspecified atom stereocenters. The Morgan fingerprint density at radius 3 is 1.95 bits per heavy atom. The molecule has 0 aromatic heterocycles. The van der Waals surface area contributed by atoms with Crippen LogP contribution in [0.3, 0.4) is 0 Å². The van der Waals surface area contributed by atoms with Gasteiger partial charge in [0.15, 0.2) is 0 Å². The molecule has 0 heterocycles. The number of rotatable bonds is 5. The highest BCUT2D eigenvalue weighted by Gasteiger charge is 2.05. The normalized spacial score (nSPS) is 10.6. The van der Waals surface area contributed by atoms with Gasteiger partial charge in [-0.3, -0.25) is 0 Å². The topological polar surface area (TPSA) is 0 Å². The Morgan fingerprint density at radius 1 is 0.950 bits per heavy atom. The Kier molecular flexibility index (Phi) is 8.45. The van der Waals surface area contributed by atoms with Crippen molar-refractivity contribution < 1.29 is 0 Å². The van der Waals surface area contributed by atoms with Crippen LogP contribution < -0.4 is 0 Å². The highest BCUT2D eigenvalue weighted by Crippen LogP contribution is 2.26. The minimum atomic E-state index is 0.912. The van der Waals surface area contributed by atoms with Crippen molar-refractivity contribution >= 4 is 5.57 Å². The molecule has 0 amide bonds. The van der Waals surface area contributed by atoms with Gasteiger partial charge in [-0.1, -0.05) is 73.9 Å². The predicted octanol–water partition coefficient (Wildman–Crippen LogP) is 6.14. The molecule has 0 fully saturated rings. The van der Waals surface area contributed by atoms with Crippen molar-refractivity contribution in [3.63, 3.8) is 0 Å². The van der Waals surface area contributed by atoms with E-state index in [1.165, 1.54) is 0 Å². The lowest BCUT2D eigenvalue weighted by Gasteiger charge is -2.11. The van der Waals surface area contributed by atoms with E-state index in [1.807, 2.05) is 44.2 Å². The van der Waals surface area contributed by atoms with E-state index >= 15 is 0 Å². The van der Waals surface area contributed by atoms with E-state index in [2.05, 4.69) is 51.1 Å². The van der Waals surface area contributed by atoms with Crippen LogP contribution in [0.5, 0.6) is 0 Å². The van der Waals surface area contributed by atoms with E-state index in [1.54, 1.807) is 0 Å². The highest BCUT2D eigenvalue weighted by molar-refractivity contribution is 5.83. The summed E-state index contributed by atoms with van der Waals surface area (Å²) in [6.45, 7) is 22.0. The Morgan fingerprint density at radius 2 is 1.50 bits per heavy atom. The summed E-state index contributed by atoms with van der Waals surface area (Å²) in [6.07, 6.45) is 5.97. The van der Waals surface area contributed by atoms with Gasteiger partial charge in [-0.05, 0) is 36.1 Å². The first kappa shape index (κ1) is 17.7. The van der Waals surface area contributed by atoms with Gasteiger partial charge in [-0.25, -0.2) is 0 Å². The lowest BCUT2D eigenvalue weighted by atomic mass is 9.93. The largest absolute Gasteiger partial charge is 0.106 e. The zero-order valence-electron chi connectivity index (χ0n) is 12.7. The maximum atomic E-state index is 4.13. The van der Waals surface area contributed by atoms with Gasteiger partial charge >= 0.3 is 0 Å². The molecule has 0 atom stereocenters. The summed E-state index contributed by atoms with van der Waals surface area (Å²) in [7, 11) is 0. The van der Waals surface area contributed by atoms with Gasteiger partial charge in [-0.15, -0.1) is 13.2 Å². The minimum Gasteiger partial charge on any atom is -0.106 e. The SMILES string of the molecule is C=C.C=C(C)/C=C\C(=C)C(=C)/C(=C\C)c1ccccc1. The van der Waals surface area contributed by atoms with Crippen LogP contribution in [0, 0.1) is 0 Å². The fourth-order valence-electron chi connectivity index (χ4n) is 1.65. The van der Waals surface area contributed by atoms with E-state index in [4.69, 9.17) is 0 Å². The minimum absolute atomic E-state index is 0.912. The fourth-order valence-corrected chi connectivity index (χ4v) is 1.65. The third-order valence-corrected chi connectivity index (χ3v) is 2.66. The van der Waals surface area contributed by atoms with E-state index in [-0.39, 0.29) is 0 Å². The molecule has 0 N–H and O–H groups in total. The molecule has 0 saturated heterocycles. The first-order valence-electron chi connectivity index (χ1n) is 6.50. The van der Waals surface area contributed by atoms with Crippen molar-refractivity contribution in [2.75, 3.05) is 0 Å². The van der Waals surface area contributed by atoms with Crippen molar-refractivity contribution in [3.8, 4) is 0 Å². The smallest absolute Gasteiger partial charge is 0.0154 e. The average molecular weight is 264 g/mol. The van der Waals surface area contributed by atoms with Crippen LogP contribution in [0.25, 0.3) is 5.57 Å². The van der Waals surface area contributed by atoms with Crippen LogP contribution in [0.1, 0.15) is 19.4 Å². The van der Waals surface area contributed by atoms with Crippen molar-refractivity contribution in [1.29, 1.82) is 0 Å². The van der Waals surface area contributed by atoms with Gasteiger partial charge < -0.3 is 0 Å². The van der Waals surface area contributed by atoms with Crippen molar-refractivity contribution in [2.24, 2.45) is 0 Å². The Balaban J connectivity index is 0.00000172. The maximum Gasteiger partial charge on any atom is -0.0154 e. The first-order chi connectivity index (χ1) is 9.56. The van der Waals surface area contributed by atoms with Gasteiger partial charge in [0.1, 0.15) is 0 Å². The lowest BCUT2D eigenvalue weighted by Crippen LogP contribution is -1.90. The predicted molar refractivity (Wildman–Crippen MR) is 93.6 cm³/mol. The highest BCUT2D eigenvalue weighted by atomic mass is 14.1. The molecular weight excluding hydrogens is 240 g/mol. The Labute approximate surface area is 123 Å². The summed E-state index contributed by atoms with van der Waals surface area (Å²) in [4.78, 5) is 0. The number of hydrogen-bond donors (Lipinski definition) is 0. The van der Waals surface area contributed by atoms with Crippen LogP contribution in [-0.2, 0) is 0 Å². The average Bonchev–Trinajstić information content (AvgIpc) is 2.48. The number of hydrogen-bond acceptors (Lipinski definition) is 0. The molecule has 0 bridgehead atoms. The van der Waals surface area contributed by atoms with Crippen LogP contribution in [0.15, 0.2) is 98.2 Å². The monoisotopic (exact) mass is 264 g/mol. The molecule has 0 nitrogen and oxygen atoms in total. The summed E-state index contributed by atoms with van der Waals surface area (Å²) in [5.74, 6) is 0. The van der Waals surface area contributed by atoms with Gasteiger partial charge in [-0.2, -0.15) is 0 Å². The molecule has 1 aromatic carbocycles. The third kappa shape index (κ3) is 5.53. The van der Waals surface area contributed by atoms with E-state index in [0.29, 0.717) is 0 Å². The van der Waals surface area contributed by atoms with Crippen LogP contribution >= 0.6 is 0 Å². The summed E-state index contributed by atoms with van der Waals surface area (Å²) >= 11 is 0. The molecule has 0 spiro atoms. The van der Waals surface area contributed by atoms with Crippen molar-refractivity contribution in [3.05, 3.63) is 104 Å². The maximum absolute atomic E-state index is 4.13. The molecule has 0 aliphatic carbocycles. The molecule has 1 aromatic rings. The van der Waals surface area contributed by atoms with Crippen molar-refractivity contribution in [2.45, 2.75) is 13.8 Å². The first-order valence-corrected chi connectivity index (χ1v) is 6.50. The summed E-state index contributed by atoms with van der Waals surface area (Å²) < 4.78 is 0. The second-order valence-corrected chi connectivity index (χ2v) is 4.25. The van der Waals surface area contributed by atoms with Gasteiger partial charge in [0.2, 0.25) is 0 Å². The molecule has 0 aliphatic rings. The van der Waals surface area contributed by atoms with Crippen molar-refractivity contribution in [1.82, 2.24) is 0 Å². The van der Waals surface area contributed by atoms with Crippen LogP contribution in [0.4, 0.5) is 0 Å². The van der Waals surface area contributed by atoms with Gasteiger partial charge in [0.25, 0.3) is 0 Å². The summed E-state index contributed by atoms with van der Waals surface area (Å²) in [6, 6.07) is 10.2. The van der Waals surface area contributed by atoms with E-state index in [9.17, 15) is 0 Å². The molecular formula is C20H24. The zero-order chi connectivity index (χ0) is 15.5. The van der Waals surface area contributed by atoms with E-state index in [0.717, 1.165) is 27.9 Å². The molecule has 0 saturated carbocycles.